The maximum atomic E-state index is 12.4. The van der Waals surface area contributed by atoms with Gasteiger partial charge in [0.2, 0.25) is 5.91 Å². The highest BCUT2D eigenvalue weighted by Gasteiger charge is 2.24. The summed E-state index contributed by atoms with van der Waals surface area (Å²) in [4.78, 5) is 14.5. The molecule has 0 unspecified atom stereocenters. The predicted molar refractivity (Wildman–Crippen MR) is 76.3 cm³/mol. The van der Waals surface area contributed by atoms with Crippen molar-refractivity contribution in [3.63, 3.8) is 0 Å². The Morgan fingerprint density at radius 2 is 1.83 bits per heavy atom. The van der Waals surface area contributed by atoms with E-state index in [2.05, 4.69) is 13.8 Å². The van der Waals surface area contributed by atoms with Gasteiger partial charge in [-0.25, -0.2) is 0 Å². The number of hydrogen-bond donors (Lipinski definition) is 1. The van der Waals surface area contributed by atoms with Gasteiger partial charge in [0, 0.05) is 25.6 Å². The Morgan fingerprint density at radius 3 is 2.33 bits per heavy atom. The van der Waals surface area contributed by atoms with Crippen molar-refractivity contribution in [2.75, 3.05) is 13.1 Å². The van der Waals surface area contributed by atoms with Gasteiger partial charge in [0.15, 0.2) is 0 Å². The first-order valence-corrected chi connectivity index (χ1v) is 7.72. The summed E-state index contributed by atoms with van der Waals surface area (Å²) >= 11 is 0. The molecular formula is C15H30N2O. The number of nitrogens with zero attached hydrogens (tertiary/aromatic N) is 1. The zero-order valence-corrected chi connectivity index (χ0v) is 12.2. The first-order valence-electron chi connectivity index (χ1n) is 7.72. The van der Waals surface area contributed by atoms with Gasteiger partial charge >= 0.3 is 0 Å². The molecule has 3 heteroatoms. The van der Waals surface area contributed by atoms with Gasteiger partial charge in [0.1, 0.15) is 0 Å². The van der Waals surface area contributed by atoms with E-state index in [1.807, 2.05) is 4.90 Å². The number of carbonyl (C=O) groups excluding carboxylic acids is 1. The minimum Gasteiger partial charge on any atom is -0.338 e. The second-order valence-electron chi connectivity index (χ2n) is 5.55. The van der Waals surface area contributed by atoms with Crippen LogP contribution in [0.5, 0.6) is 0 Å². The van der Waals surface area contributed by atoms with Crippen LogP contribution in [0.4, 0.5) is 0 Å². The summed E-state index contributed by atoms with van der Waals surface area (Å²) in [5.41, 5.74) is 5.65. The van der Waals surface area contributed by atoms with E-state index < -0.39 is 0 Å². The molecule has 0 atom stereocenters. The zero-order valence-electron chi connectivity index (χ0n) is 12.2. The van der Waals surface area contributed by atoms with Gasteiger partial charge in [-0.15, -0.1) is 0 Å². The lowest BCUT2D eigenvalue weighted by Crippen LogP contribution is -2.43. The molecule has 2 N–H and O–H groups in total. The van der Waals surface area contributed by atoms with E-state index in [-0.39, 0.29) is 0 Å². The van der Waals surface area contributed by atoms with Crippen molar-refractivity contribution in [3.05, 3.63) is 0 Å². The van der Waals surface area contributed by atoms with Crippen LogP contribution in [0.3, 0.4) is 0 Å². The molecule has 1 aliphatic carbocycles. The summed E-state index contributed by atoms with van der Waals surface area (Å²) in [6.45, 7) is 5.61. The minimum atomic E-state index is 0.334. The quantitative estimate of drug-likeness (QED) is 0.759. The molecule has 1 rings (SSSR count). The van der Waals surface area contributed by atoms with Crippen LogP contribution in [0, 0.1) is 5.92 Å². The van der Waals surface area contributed by atoms with Gasteiger partial charge in [0.25, 0.3) is 0 Å². The summed E-state index contributed by atoms with van der Waals surface area (Å²) in [5.74, 6) is 0.960. The fraction of sp³-hybridized carbons (Fsp3) is 0.933. The molecule has 18 heavy (non-hydrogen) atoms. The Labute approximate surface area is 112 Å². The number of amides is 1. The van der Waals surface area contributed by atoms with Gasteiger partial charge in [-0.2, -0.15) is 0 Å². The Hall–Kier alpha value is -0.570. The SMILES string of the molecule is CCC(CC)N(CCN)C(=O)CC1CCCCC1. The number of rotatable bonds is 7. The Morgan fingerprint density at radius 1 is 1.22 bits per heavy atom. The number of hydrogen-bond acceptors (Lipinski definition) is 2. The van der Waals surface area contributed by atoms with Crippen molar-refractivity contribution in [2.45, 2.75) is 71.3 Å². The van der Waals surface area contributed by atoms with Crippen LogP contribution in [0.15, 0.2) is 0 Å². The van der Waals surface area contributed by atoms with E-state index in [1.54, 1.807) is 0 Å². The third-order valence-electron chi connectivity index (χ3n) is 4.26. The maximum Gasteiger partial charge on any atom is 0.223 e. The van der Waals surface area contributed by atoms with Crippen molar-refractivity contribution in [3.8, 4) is 0 Å². The van der Waals surface area contributed by atoms with Gasteiger partial charge < -0.3 is 10.6 Å². The molecule has 1 aliphatic rings. The Kier molecular flexibility index (Phi) is 7.33. The molecule has 0 aromatic rings. The van der Waals surface area contributed by atoms with Crippen LogP contribution in [-0.2, 0) is 4.79 Å². The molecule has 1 amide bonds. The van der Waals surface area contributed by atoms with E-state index >= 15 is 0 Å². The van der Waals surface area contributed by atoms with E-state index in [1.165, 1.54) is 32.1 Å². The highest BCUT2D eigenvalue weighted by atomic mass is 16.2. The smallest absolute Gasteiger partial charge is 0.223 e. The standard InChI is InChI=1S/C15H30N2O/c1-3-14(4-2)17(11-10-16)15(18)12-13-8-6-5-7-9-13/h13-14H,3-12,16H2,1-2H3. The molecule has 0 bridgehead atoms. The first kappa shape index (κ1) is 15.5. The summed E-state index contributed by atoms with van der Waals surface area (Å²) in [5, 5.41) is 0. The predicted octanol–water partition coefficient (Wildman–Crippen LogP) is 2.93. The Balaban J connectivity index is 2.52. The molecule has 0 aromatic carbocycles. The van der Waals surface area contributed by atoms with Crippen LogP contribution < -0.4 is 5.73 Å². The van der Waals surface area contributed by atoms with Crippen LogP contribution >= 0.6 is 0 Å². The van der Waals surface area contributed by atoms with E-state index in [0.29, 0.717) is 24.4 Å². The summed E-state index contributed by atoms with van der Waals surface area (Å²) in [6, 6.07) is 0.379. The zero-order chi connectivity index (χ0) is 13.4. The molecule has 0 heterocycles. The molecule has 0 aliphatic heterocycles. The molecule has 0 radical (unpaired) electrons. The normalized spacial score (nSPS) is 17.1. The fourth-order valence-corrected chi connectivity index (χ4v) is 3.13. The molecular weight excluding hydrogens is 224 g/mol. The first-order chi connectivity index (χ1) is 8.72. The average Bonchev–Trinajstić information content (AvgIpc) is 2.40. The van der Waals surface area contributed by atoms with Crippen molar-refractivity contribution < 1.29 is 4.79 Å². The topological polar surface area (TPSA) is 46.3 Å². The van der Waals surface area contributed by atoms with Gasteiger partial charge in [-0.3, -0.25) is 4.79 Å². The van der Waals surface area contributed by atoms with E-state index in [4.69, 9.17) is 5.73 Å². The third-order valence-corrected chi connectivity index (χ3v) is 4.26. The number of carbonyl (C=O) groups is 1. The highest BCUT2D eigenvalue weighted by Crippen LogP contribution is 2.27. The van der Waals surface area contributed by atoms with Gasteiger partial charge in [0.05, 0.1) is 0 Å². The largest absolute Gasteiger partial charge is 0.338 e. The lowest BCUT2D eigenvalue weighted by Gasteiger charge is -2.32. The highest BCUT2D eigenvalue weighted by molar-refractivity contribution is 5.76. The van der Waals surface area contributed by atoms with Crippen LogP contribution in [-0.4, -0.2) is 29.9 Å². The van der Waals surface area contributed by atoms with Crippen molar-refractivity contribution in [1.82, 2.24) is 4.90 Å². The molecule has 106 valence electrons. The molecule has 3 nitrogen and oxygen atoms in total. The van der Waals surface area contributed by atoms with Crippen molar-refractivity contribution in [2.24, 2.45) is 11.7 Å². The number of nitrogens with two attached hydrogens (primary N) is 1. The van der Waals surface area contributed by atoms with Gasteiger partial charge in [-0.05, 0) is 31.6 Å². The lowest BCUT2D eigenvalue weighted by atomic mass is 9.86. The second kappa shape index (κ2) is 8.52. The molecule has 1 saturated carbocycles. The molecule has 0 aromatic heterocycles. The minimum absolute atomic E-state index is 0.334. The second-order valence-corrected chi connectivity index (χ2v) is 5.55. The molecule has 1 fully saturated rings. The third kappa shape index (κ3) is 4.60. The van der Waals surface area contributed by atoms with Crippen molar-refractivity contribution >= 4 is 5.91 Å². The fourth-order valence-electron chi connectivity index (χ4n) is 3.13. The van der Waals surface area contributed by atoms with E-state index in [0.717, 1.165) is 25.8 Å². The van der Waals surface area contributed by atoms with Crippen LogP contribution in [0.1, 0.15) is 65.2 Å². The maximum absolute atomic E-state index is 12.4. The molecule has 0 saturated heterocycles. The van der Waals surface area contributed by atoms with Crippen LogP contribution in [0.25, 0.3) is 0 Å². The lowest BCUT2D eigenvalue weighted by molar-refractivity contribution is -0.134. The van der Waals surface area contributed by atoms with Crippen molar-refractivity contribution in [1.29, 1.82) is 0 Å². The van der Waals surface area contributed by atoms with E-state index in [9.17, 15) is 4.79 Å². The Bertz CT molecular complexity index is 233. The summed E-state index contributed by atoms with van der Waals surface area (Å²) < 4.78 is 0. The van der Waals surface area contributed by atoms with Gasteiger partial charge in [-0.1, -0.05) is 33.1 Å². The summed E-state index contributed by atoms with van der Waals surface area (Å²) in [7, 11) is 0. The average molecular weight is 254 g/mol. The van der Waals surface area contributed by atoms with Crippen LogP contribution in [0.2, 0.25) is 0 Å². The monoisotopic (exact) mass is 254 g/mol. The molecule has 0 spiro atoms. The summed E-state index contributed by atoms with van der Waals surface area (Å²) in [6.07, 6.45) is 9.26.